The van der Waals surface area contributed by atoms with Crippen LogP contribution in [0.4, 0.5) is 19.1 Å². The molecule has 0 unspecified atom stereocenters. The number of aromatic nitrogens is 2. The van der Waals surface area contributed by atoms with Crippen LogP contribution < -0.4 is 5.32 Å². The highest BCUT2D eigenvalue weighted by atomic mass is 19.4. The number of benzene rings is 1. The number of hydrogen-bond acceptors (Lipinski definition) is 6. The van der Waals surface area contributed by atoms with Crippen LogP contribution in [0.3, 0.4) is 0 Å². The van der Waals surface area contributed by atoms with Crippen molar-refractivity contribution in [2.75, 3.05) is 31.6 Å². The molecule has 2 aromatic rings. The van der Waals surface area contributed by atoms with Crippen molar-refractivity contribution in [1.82, 2.24) is 14.9 Å². The van der Waals surface area contributed by atoms with Crippen LogP contribution in [0.15, 0.2) is 36.5 Å². The van der Waals surface area contributed by atoms with Crippen LogP contribution in [0, 0.1) is 0 Å². The molecule has 0 spiro atoms. The van der Waals surface area contributed by atoms with E-state index in [4.69, 9.17) is 4.74 Å². The van der Waals surface area contributed by atoms with Gasteiger partial charge in [-0.15, -0.1) is 0 Å². The summed E-state index contributed by atoms with van der Waals surface area (Å²) in [6.07, 6.45) is -2.31. The van der Waals surface area contributed by atoms with Crippen molar-refractivity contribution >= 4 is 11.9 Å². The van der Waals surface area contributed by atoms with Gasteiger partial charge in [0.25, 0.3) is 5.91 Å². The molecule has 2 aliphatic rings. The number of nitrogens with zero attached hydrogens (tertiary/aromatic N) is 3. The van der Waals surface area contributed by atoms with E-state index < -0.39 is 17.5 Å². The Bertz CT molecular complexity index is 908. The van der Waals surface area contributed by atoms with Gasteiger partial charge in [-0.25, -0.2) is 9.97 Å². The molecule has 160 valence electrons. The normalized spacial score (nSPS) is 19.3. The number of likely N-dealkylation sites (tertiary alicyclic amines) is 1. The van der Waals surface area contributed by atoms with Crippen LogP contribution in [-0.2, 0) is 16.5 Å². The van der Waals surface area contributed by atoms with Crippen molar-refractivity contribution in [3.63, 3.8) is 0 Å². The first-order valence-corrected chi connectivity index (χ1v) is 9.61. The minimum atomic E-state index is -4.52. The van der Waals surface area contributed by atoms with Crippen LogP contribution in [0.5, 0.6) is 0 Å². The Kier molecular flexibility index (Phi) is 5.37. The highest BCUT2D eigenvalue weighted by molar-refractivity contribution is 5.94. The number of carbonyl (C=O) groups is 1. The highest BCUT2D eigenvalue weighted by Crippen LogP contribution is 2.30. The molecule has 7 nitrogen and oxygen atoms in total. The predicted molar refractivity (Wildman–Crippen MR) is 101 cm³/mol. The van der Waals surface area contributed by atoms with Crippen LogP contribution in [0.1, 0.15) is 34.5 Å². The number of ether oxygens (including phenoxy) is 1. The molecule has 1 aromatic carbocycles. The van der Waals surface area contributed by atoms with Gasteiger partial charge >= 0.3 is 6.18 Å². The second kappa shape index (κ2) is 7.84. The fraction of sp³-hybridized carbons (Fsp3) is 0.450. The van der Waals surface area contributed by atoms with E-state index in [0.717, 1.165) is 12.3 Å². The second-order valence-corrected chi connectivity index (χ2v) is 7.58. The van der Waals surface area contributed by atoms with E-state index in [9.17, 15) is 23.1 Å². The van der Waals surface area contributed by atoms with E-state index >= 15 is 0 Å². The lowest BCUT2D eigenvalue weighted by atomic mass is 9.91. The summed E-state index contributed by atoms with van der Waals surface area (Å²) >= 11 is 0. The Balaban J connectivity index is 1.32. The number of amides is 1. The summed E-state index contributed by atoms with van der Waals surface area (Å²) in [5.74, 6) is -0.185. The first kappa shape index (κ1) is 20.5. The van der Waals surface area contributed by atoms with Gasteiger partial charge in [-0.3, -0.25) is 4.79 Å². The zero-order valence-corrected chi connectivity index (χ0v) is 16.0. The van der Waals surface area contributed by atoms with Gasteiger partial charge in [-0.2, -0.15) is 13.2 Å². The fourth-order valence-corrected chi connectivity index (χ4v) is 3.56. The number of rotatable bonds is 4. The molecular weight excluding hydrogens is 401 g/mol. The van der Waals surface area contributed by atoms with Crippen LogP contribution >= 0.6 is 0 Å². The number of anilines is 1. The molecule has 0 bridgehead atoms. The molecule has 3 heterocycles. The van der Waals surface area contributed by atoms with Crippen molar-refractivity contribution in [1.29, 1.82) is 0 Å². The molecule has 4 rings (SSSR count). The summed E-state index contributed by atoms with van der Waals surface area (Å²) in [5.41, 5.74) is -0.726. The third-order valence-corrected chi connectivity index (χ3v) is 5.41. The smallest absolute Gasteiger partial charge is 0.380 e. The van der Waals surface area contributed by atoms with E-state index in [1.165, 1.54) is 0 Å². The zero-order valence-electron chi connectivity index (χ0n) is 16.0. The number of aliphatic hydroxyl groups is 1. The molecule has 0 saturated carbocycles. The number of hydrogen-bond donors (Lipinski definition) is 2. The Morgan fingerprint density at radius 2 is 1.83 bits per heavy atom. The fourth-order valence-electron chi connectivity index (χ4n) is 3.56. The van der Waals surface area contributed by atoms with Gasteiger partial charge < -0.3 is 20.1 Å². The molecule has 1 aromatic heterocycles. The lowest BCUT2D eigenvalue weighted by Gasteiger charge is -2.37. The van der Waals surface area contributed by atoms with Crippen molar-refractivity contribution in [3.05, 3.63) is 53.3 Å². The lowest BCUT2D eigenvalue weighted by Crippen LogP contribution is -2.46. The first-order valence-electron chi connectivity index (χ1n) is 9.61. The van der Waals surface area contributed by atoms with Crippen LogP contribution in [-0.4, -0.2) is 58.2 Å². The summed E-state index contributed by atoms with van der Waals surface area (Å²) in [7, 11) is 0. The molecular formula is C20H21F3N4O3. The number of piperidine rings is 1. The first-order chi connectivity index (χ1) is 14.2. The van der Waals surface area contributed by atoms with E-state index in [0.29, 0.717) is 37.1 Å². The molecule has 2 N–H and O–H groups in total. The number of carbonyl (C=O) groups excluding carboxylic acids is 1. The molecule has 30 heavy (non-hydrogen) atoms. The average Bonchev–Trinajstić information content (AvgIpc) is 2.72. The van der Waals surface area contributed by atoms with E-state index in [2.05, 4.69) is 15.3 Å². The number of nitrogens with one attached hydrogen (secondary N) is 1. The lowest BCUT2D eigenvalue weighted by molar-refractivity contribution is -0.184. The van der Waals surface area contributed by atoms with Crippen LogP contribution in [0.25, 0.3) is 0 Å². The zero-order chi connectivity index (χ0) is 21.4. The van der Waals surface area contributed by atoms with E-state index in [1.807, 2.05) is 0 Å². The maximum absolute atomic E-state index is 12.8. The molecule has 1 amide bonds. The third-order valence-electron chi connectivity index (χ3n) is 5.41. The van der Waals surface area contributed by atoms with Gasteiger partial charge in [0, 0.05) is 30.9 Å². The van der Waals surface area contributed by atoms with Gasteiger partial charge in [-0.1, -0.05) is 12.1 Å². The van der Waals surface area contributed by atoms with Crippen molar-refractivity contribution < 1.29 is 27.8 Å². The molecule has 0 aliphatic carbocycles. The van der Waals surface area contributed by atoms with Crippen LogP contribution in [0.2, 0.25) is 0 Å². The third kappa shape index (κ3) is 4.24. The molecule has 0 atom stereocenters. The van der Waals surface area contributed by atoms with Gasteiger partial charge in [-0.05, 0) is 36.6 Å². The quantitative estimate of drug-likeness (QED) is 0.787. The summed E-state index contributed by atoms with van der Waals surface area (Å²) < 4.78 is 43.4. The SMILES string of the molecule is O=C(c1ccc(C2(O)COC2)cc1)N1CCC(Nc2nccc(C(F)(F)F)n2)CC1. The summed E-state index contributed by atoms with van der Waals surface area (Å²) in [4.78, 5) is 21.8. The van der Waals surface area contributed by atoms with E-state index in [1.54, 1.807) is 29.2 Å². The predicted octanol–water partition coefficient (Wildman–Crippen LogP) is 2.43. The maximum atomic E-state index is 12.8. The Morgan fingerprint density at radius 3 is 2.40 bits per heavy atom. The minimum absolute atomic E-state index is 0.0666. The highest BCUT2D eigenvalue weighted by Gasteiger charge is 2.38. The standard InChI is InChI=1S/C20H21F3N4O3/c21-20(22,23)16-5-8-24-18(26-16)25-15-6-9-27(10-7-15)17(28)13-1-3-14(4-2-13)19(29)11-30-12-19/h1-5,8,15,29H,6-7,9-12H2,(H,24,25,26). The Labute approximate surface area is 170 Å². The molecule has 2 fully saturated rings. The summed E-state index contributed by atoms with van der Waals surface area (Å²) in [6.45, 7) is 1.43. The van der Waals surface area contributed by atoms with Crippen molar-refractivity contribution in [3.8, 4) is 0 Å². The topological polar surface area (TPSA) is 87.6 Å². The number of halogens is 3. The molecule has 2 saturated heterocycles. The summed E-state index contributed by atoms with van der Waals surface area (Å²) in [5, 5.41) is 13.2. The van der Waals surface area contributed by atoms with Gasteiger partial charge in [0.1, 0.15) is 11.3 Å². The second-order valence-electron chi connectivity index (χ2n) is 7.58. The summed E-state index contributed by atoms with van der Waals surface area (Å²) in [6, 6.07) is 7.55. The Hall–Kier alpha value is -2.72. The van der Waals surface area contributed by atoms with E-state index in [-0.39, 0.29) is 31.1 Å². The largest absolute Gasteiger partial charge is 0.433 e. The number of alkyl halides is 3. The minimum Gasteiger partial charge on any atom is -0.380 e. The van der Waals surface area contributed by atoms with Gasteiger partial charge in [0.05, 0.1) is 13.2 Å². The monoisotopic (exact) mass is 422 g/mol. The molecule has 2 aliphatic heterocycles. The van der Waals surface area contributed by atoms with Crippen molar-refractivity contribution in [2.45, 2.75) is 30.7 Å². The molecule has 10 heteroatoms. The van der Waals surface area contributed by atoms with Gasteiger partial charge in [0.15, 0.2) is 0 Å². The molecule has 0 radical (unpaired) electrons. The maximum Gasteiger partial charge on any atom is 0.433 e. The van der Waals surface area contributed by atoms with Crippen molar-refractivity contribution in [2.24, 2.45) is 0 Å². The Morgan fingerprint density at radius 1 is 1.17 bits per heavy atom. The van der Waals surface area contributed by atoms with Gasteiger partial charge in [0.2, 0.25) is 5.95 Å². The average molecular weight is 422 g/mol.